The van der Waals surface area contributed by atoms with Gasteiger partial charge in [-0.1, -0.05) is 33.6 Å². The van der Waals surface area contributed by atoms with Crippen LogP contribution in [0.25, 0.3) is 0 Å². The van der Waals surface area contributed by atoms with Crippen molar-refractivity contribution in [1.29, 1.82) is 0 Å². The Balaban J connectivity index is 3.16. The molecule has 0 aromatic carbocycles. The van der Waals surface area contributed by atoms with E-state index in [1.54, 1.807) is 0 Å². The summed E-state index contributed by atoms with van der Waals surface area (Å²) in [7, 11) is 0. The number of unbranched alkanes of at least 4 members (excludes halogenated alkanes) is 1. The van der Waals surface area contributed by atoms with Crippen LogP contribution >= 0.6 is 0 Å². The first kappa shape index (κ1) is 9.96. The molecule has 1 nitrogen and oxygen atoms in total. The molecule has 0 aliphatic carbocycles. The molecule has 1 N–H and O–H groups in total. The molecule has 0 bridgehead atoms. The van der Waals surface area contributed by atoms with Gasteiger partial charge in [0.15, 0.2) is 0 Å². The van der Waals surface area contributed by atoms with E-state index in [9.17, 15) is 0 Å². The minimum Gasteiger partial charge on any atom is -0.312 e. The molecule has 0 rings (SSSR count). The first-order valence-electron chi connectivity index (χ1n) is 4.42. The second kappa shape index (κ2) is 5.72. The van der Waals surface area contributed by atoms with E-state index in [1.807, 2.05) is 0 Å². The lowest BCUT2D eigenvalue weighted by Gasteiger charge is -2.15. The molecule has 0 unspecified atom stereocenters. The van der Waals surface area contributed by atoms with Gasteiger partial charge in [-0.2, -0.15) is 0 Å². The van der Waals surface area contributed by atoms with Gasteiger partial charge in [0.1, 0.15) is 0 Å². The summed E-state index contributed by atoms with van der Waals surface area (Å²) >= 11 is 0. The Morgan fingerprint density at radius 1 is 1.20 bits per heavy atom. The molecule has 1 heteroatoms. The van der Waals surface area contributed by atoms with Crippen molar-refractivity contribution in [2.75, 3.05) is 0 Å². The van der Waals surface area contributed by atoms with Gasteiger partial charge in [0.25, 0.3) is 0 Å². The van der Waals surface area contributed by atoms with Crippen LogP contribution in [0.5, 0.6) is 0 Å². The molecule has 0 spiro atoms. The van der Waals surface area contributed by atoms with Gasteiger partial charge in [-0.25, -0.2) is 0 Å². The maximum Gasteiger partial charge on any atom is 0.00410 e. The van der Waals surface area contributed by atoms with Gasteiger partial charge in [0, 0.05) is 12.1 Å². The zero-order chi connectivity index (χ0) is 7.98. The zero-order valence-electron chi connectivity index (χ0n) is 7.78. The van der Waals surface area contributed by atoms with Crippen molar-refractivity contribution in [2.45, 2.75) is 59.0 Å². The Labute approximate surface area is 65.2 Å². The Bertz CT molecular complexity index is 69.1. The Hall–Kier alpha value is -0.0400. The van der Waals surface area contributed by atoms with Crippen molar-refractivity contribution < 1.29 is 0 Å². The van der Waals surface area contributed by atoms with Gasteiger partial charge in [0.2, 0.25) is 0 Å². The minimum absolute atomic E-state index is 0.631. The SMILES string of the molecule is CCCC[C@H](C)NC(C)C. The normalized spacial score (nSPS) is 14.1. The summed E-state index contributed by atoms with van der Waals surface area (Å²) in [6, 6.07) is 1.33. The molecule has 0 aliphatic heterocycles. The number of hydrogen-bond acceptors (Lipinski definition) is 1. The quantitative estimate of drug-likeness (QED) is 0.623. The van der Waals surface area contributed by atoms with Crippen LogP contribution in [0.3, 0.4) is 0 Å². The average molecular weight is 143 g/mol. The monoisotopic (exact) mass is 143 g/mol. The lowest BCUT2D eigenvalue weighted by Crippen LogP contribution is -2.32. The van der Waals surface area contributed by atoms with E-state index in [0.29, 0.717) is 12.1 Å². The molecule has 0 amide bonds. The predicted molar refractivity (Wildman–Crippen MR) is 47.3 cm³/mol. The van der Waals surface area contributed by atoms with Crippen molar-refractivity contribution in [3.63, 3.8) is 0 Å². The maximum absolute atomic E-state index is 3.48. The van der Waals surface area contributed by atoms with E-state index in [1.165, 1.54) is 19.3 Å². The third-order valence-electron chi connectivity index (χ3n) is 1.61. The molecule has 0 aliphatic rings. The number of hydrogen-bond donors (Lipinski definition) is 1. The van der Waals surface area contributed by atoms with Gasteiger partial charge in [-0.05, 0) is 13.3 Å². The van der Waals surface area contributed by atoms with Gasteiger partial charge < -0.3 is 5.32 Å². The first-order valence-corrected chi connectivity index (χ1v) is 4.42. The fourth-order valence-electron chi connectivity index (χ4n) is 1.16. The smallest absolute Gasteiger partial charge is 0.00410 e. The molecule has 0 fully saturated rings. The average Bonchev–Trinajstić information content (AvgIpc) is 1.82. The largest absolute Gasteiger partial charge is 0.312 e. The second-order valence-corrected chi connectivity index (χ2v) is 3.36. The van der Waals surface area contributed by atoms with Crippen molar-refractivity contribution in [1.82, 2.24) is 5.32 Å². The maximum atomic E-state index is 3.48. The summed E-state index contributed by atoms with van der Waals surface area (Å²) < 4.78 is 0. The minimum atomic E-state index is 0.631. The topological polar surface area (TPSA) is 12.0 Å². The summed E-state index contributed by atoms with van der Waals surface area (Å²) in [6.07, 6.45) is 3.97. The molecule has 0 saturated carbocycles. The van der Waals surface area contributed by atoms with Crippen LogP contribution in [-0.2, 0) is 0 Å². The van der Waals surface area contributed by atoms with E-state index < -0.39 is 0 Å². The fraction of sp³-hybridized carbons (Fsp3) is 1.00. The van der Waals surface area contributed by atoms with Crippen molar-refractivity contribution in [3.05, 3.63) is 0 Å². The van der Waals surface area contributed by atoms with E-state index in [2.05, 4.69) is 33.0 Å². The predicted octanol–water partition coefficient (Wildman–Crippen LogP) is 2.56. The highest BCUT2D eigenvalue weighted by molar-refractivity contribution is 4.62. The van der Waals surface area contributed by atoms with Crippen LogP contribution < -0.4 is 5.32 Å². The Kier molecular flexibility index (Phi) is 5.70. The molecule has 0 saturated heterocycles. The lowest BCUT2D eigenvalue weighted by molar-refractivity contribution is 0.453. The van der Waals surface area contributed by atoms with Crippen molar-refractivity contribution in [3.8, 4) is 0 Å². The molecule has 0 aromatic rings. The Morgan fingerprint density at radius 2 is 1.80 bits per heavy atom. The molecule has 1 atom stereocenters. The fourth-order valence-corrected chi connectivity index (χ4v) is 1.16. The summed E-state index contributed by atoms with van der Waals surface area (Å²) in [6.45, 7) is 8.89. The van der Waals surface area contributed by atoms with E-state index in [4.69, 9.17) is 0 Å². The van der Waals surface area contributed by atoms with Crippen LogP contribution in [0.2, 0.25) is 0 Å². The van der Waals surface area contributed by atoms with Crippen molar-refractivity contribution >= 4 is 0 Å². The molecular formula is C9H21N. The van der Waals surface area contributed by atoms with Gasteiger partial charge in [-0.3, -0.25) is 0 Å². The summed E-state index contributed by atoms with van der Waals surface area (Å²) in [5, 5.41) is 3.48. The standard InChI is InChI=1S/C9H21N/c1-5-6-7-9(4)10-8(2)3/h8-10H,5-7H2,1-4H3/t9-/m0/s1. The van der Waals surface area contributed by atoms with Gasteiger partial charge in [-0.15, -0.1) is 0 Å². The second-order valence-electron chi connectivity index (χ2n) is 3.36. The summed E-state index contributed by atoms with van der Waals surface area (Å²) in [5.74, 6) is 0. The van der Waals surface area contributed by atoms with E-state index >= 15 is 0 Å². The highest BCUT2D eigenvalue weighted by atomic mass is 14.9. The molecule has 10 heavy (non-hydrogen) atoms. The molecule has 0 radical (unpaired) electrons. The molecule has 62 valence electrons. The Morgan fingerprint density at radius 3 is 2.20 bits per heavy atom. The number of nitrogens with one attached hydrogen (secondary N) is 1. The van der Waals surface area contributed by atoms with Crippen LogP contribution in [-0.4, -0.2) is 12.1 Å². The molecule has 0 heterocycles. The van der Waals surface area contributed by atoms with Gasteiger partial charge >= 0.3 is 0 Å². The van der Waals surface area contributed by atoms with Crippen LogP contribution in [0.1, 0.15) is 47.0 Å². The third kappa shape index (κ3) is 6.09. The van der Waals surface area contributed by atoms with Crippen molar-refractivity contribution in [2.24, 2.45) is 0 Å². The lowest BCUT2D eigenvalue weighted by atomic mass is 10.1. The van der Waals surface area contributed by atoms with E-state index in [0.717, 1.165) is 0 Å². The summed E-state index contributed by atoms with van der Waals surface area (Å²) in [4.78, 5) is 0. The summed E-state index contributed by atoms with van der Waals surface area (Å²) in [5.41, 5.74) is 0. The number of rotatable bonds is 5. The highest BCUT2D eigenvalue weighted by Gasteiger charge is 2.00. The third-order valence-corrected chi connectivity index (χ3v) is 1.61. The van der Waals surface area contributed by atoms with Crippen LogP contribution in [0.15, 0.2) is 0 Å². The first-order chi connectivity index (χ1) is 4.66. The van der Waals surface area contributed by atoms with Crippen LogP contribution in [0.4, 0.5) is 0 Å². The zero-order valence-corrected chi connectivity index (χ0v) is 7.78. The highest BCUT2D eigenvalue weighted by Crippen LogP contribution is 1.99. The van der Waals surface area contributed by atoms with Crippen LogP contribution in [0, 0.1) is 0 Å². The van der Waals surface area contributed by atoms with E-state index in [-0.39, 0.29) is 0 Å². The molecular weight excluding hydrogens is 122 g/mol. The van der Waals surface area contributed by atoms with Gasteiger partial charge in [0.05, 0.1) is 0 Å². The molecule has 0 aromatic heterocycles.